The van der Waals surface area contributed by atoms with Gasteiger partial charge in [0.05, 0.1) is 5.56 Å². The largest absolute Gasteiger partial charge is 0.478 e. The molecule has 0 saturated carbocycles. The van der Waals surface area contributed by atoms with E-state index in [4.69, 9.17) is 10.8 Å². The minimum absolute atomic E-state index is 0.127. The van der Waals surface area contributed by atoms with E-state index in [9.17, 15) is 14.0 Å². The van der Waals surface area contributed by atoms with E-state index in [2.05, 4.69) is 5.32 Å². The summed E-state index contributed by atoms with van der Waals surface area (Å²) in [6, 6.07) is 3.37. The number of rotatable bonds is 4. The molecule has 0 heterocycles. The molecular weight excluding hydrogens is 215 g/mol. The third-order valence-corrected chi connectivity index (χ3v) is 1.85. The predicted molar refractivity (Wildman–Crippen MR) is 55.7 cm³/mol. The van der Waals surface area contributed by atoms with Crippen LogP contribution in [0.1, 0.15) is 16.8 Å². The summed E-state index contributed by atoms with van der Waals surface area (Å²) in [6.45, 7) is 0.196. The number of carboxylic acid groups (broad SMARTS) is 1. The minimum Gasteiger partial charge on any atom is -0.478 e. The van der Waals surface area contributed by atoms with Gasteiger partial charge in [0.1, 0.15) is 5.82 Å². The number of anilines is 1. The van der Waals surface area contributed by atoms with Crippen molar-refractivity contribution in [1.29, 1.82) is 0 Å². The van der Waals surface area contributed by atoms with Gasteiger partial charge in [-0.25, -0.2) is 9.18 Å². The fourth-order valence-electron chi connectivity index (χ4n) is 1.12. The Morgan fingerprint density at radius 1 is 1.44 bits per heavy atom. The Morgan fingerprint density at radius 3 is 2.62 bits per heavy atom. The summed E-state index contributed by atoms with van der Waals surface area (Å²) in [4.78, 5) is 21.6. The van der Waals surface area contributed by atoms with Gasteiger partial charge in [-0.15, -0.1) is 0 Å². The highest BCUT2D eigenvalue weighted by Crippen LogP contribution is 2.14. The summed E-state index contributed by atoms with van der Waals surface area (Å²) >= 11 is 0. The lowest BCUT2D eigenvalue weighted by Gasteiger charge is -2.05. The van der Waals surface area contributed by atoms with E-state index in [1.807, 2.05) is 0 Å². The molecule has 0 spiro atoms. The van der Waals surface area contributed by atoms with Crippen molar-refractivity contribution in [2.45, 2.75) is 6.42 Å². The van der Waals surface area contributed by atoms with E-state index in [0.717, 1.165) is 12.1 Å². The molecule has 0 aliphatic carbocycles. The second kappa shape index (κ2) is 5.22. The SMILES string of the molecule is NCCC(=O)Nc1ccc(C(=O)O)c(F)c1. The lowest BCUT2D eigenvalue weighted by atomic mass is 10.2. The first kappa shape index (κ1) is 12.1. The molecule has 1 rings (SSSR count). The first-order valence-electron chi connectivity index (χ1n) is 4.57. The molecule has 0 atom stereocenters. The van der Waals surface area contributed by atoms with Crippen LogP contribution in [0.4, 0.5) is 10.1 Å². The molecule has 0 fully saturated rings. The number of carbonyl (C=O) groups is 2. The van der Waals surface area contributed by atoms with Gasteiger partial charge in [-0.3, -0.25) is 4.79 Å². The first-order chi connectivity index (χ1) is 7.54. The fourth-order valence-corrected chi connectivity index (χ4v) is 1.12. The molecule has 0 aromatic heterocycles. The van der Waals surface area contributed by atoms with Crippen molar-refractivity contribution in [1.82, 2.24) is 0 Å². The van der Waals surface area contributed by atoms with Gasteiger partial charge in [-0.1, -0.05) is 0 Å². The molecule has 1 aromatic rings. The van der Waals surface area contributed by atoms with E-state index >= 15 is 0 Å². The quantitative estimate of drug-likeness (QED) is 0.708. The molecule has 4 N–H and O–H groups in total. The highest BCUT2D eigenvalue weighted by atomic mass is 19.1. The van der Waals surface area contributed by atoms with Crippen LogP contribution in [0.2, 0.25) is 0 Å². The second-order valence-electron chi connectivity index (χ2n) is 3.09. The molecule has 6 heteroatoms. The maximum absolute atomic E-state index is 13.2. The van der Waals surface area contributed by atoms with Crippen LogP contribution in [0, 0.1) is 5.82 Å². The standard InChI is InChI=1S/C10H11FN2O3/c11-8-5-6(13-9(14)3-4-12)1-2-7(8)10(15)16/h1-2,5H,3-4,12H2,(H,13,14)(H,15,16). The molecule has 86 valence electrons. The van der Waals surface area contributed by atoms with Gasteiger partial charge in [0.25, 0.3) is 0 Å². The molecule has 0 unspecified atom stereocenters. The molecule has 0 saturated heterocycles. The number of benzene rings is 1. The van der Waals surface area contributed by atoms with Crippen LogP contribution in [0.25, 0.3) is 0 Å². The fraction of sp³-hybridized carbons (Fsp3) is 0.200. The van der Waals surface area contributed by atoms with Crippen LogP contribution in [0.3, 0.4) is 0 Å². The van der Waals surface area contributed by atoms with Gasteiger partial charge in [0.2, 0.25) is 5.91 Å². The topological polar surface area (TPSA) is 92.4 Å². The Morgan fingerprint density at radius 2 is 2.12 bits per heavy atom. The Hall–Kier alpha value is -1.95. The number of carboxylic acids is 1. The van der Waals surface area contributed by atoms with E-state index in [-0.39, 0.29) is 24.6 Å². The van der Waals surface area contributed by atoms with Crippen LogP contribution < -0.4 is 11.1 Å². The summed E-state index contributed by atoms with van der Waals surface area (Å²) in [5, 5.41) is 11.0. The van der Waals surface area contributed by atoms with Crippen molar-refractivity contribution < 1.29 is 19.1 Å². The van der Waals surface area contributed by atoms with Gasteiger partial charge in [0.15, 0.2) is 0 Å². The molecule has 5 nitrogen and oxygen atoms in total. The maximum atomic E-state index is 13.2. The van der Waals surface area contributed by atoms with E-state index < -0.39 is 17.3 Å². The summed E-state index contributed by atoms with van der Waals surface area (Å²) in [7, 11) is 0. The Kier molecular flexibility index (Phi) is 3.96. The molecule has 16 heavy (non-hydrogen) atoms. The normalized spacial score (nSPS) is 9.88. The number of hydrogen-bond donors (Lipinski definition) is 3. The number of amides is 1. The number of aromatic carboxylic acids is 1. The highest BCUT2D eigenvalue weighted by Gasteiger charge is 2.11. The predicted octanol–water partition coefficient (Wildman–Crippen LogP) is 0.811. The first-order valence-corrected chi connectivity index (χ1v) is 4.57. The third kappa shape index (κ3) is 3.03. The summed E-state index contributed by atoms with van der Waals surface area (Å²) < 4.78 is 13.2. The summed E-state index contributed by atoms with van der Waals surface area (Å²) in [6.07, 6.45) is 0.127. The number of carbonyl (C=O) groups excluding carboxylic acids is 1. The van der Waals surface area contributed by atoms with Gasteiger partial charge < -0.3 is 16.2 Å². The van der Waals surface area contributed by atoms with Crippen molar-refractivity contribution in [2.24, 2.45) is 5.73 Å². The summed E-state index contributed by atoms with van der Waals surface area (Å²) in [5.74, 6) is -2.58. The minimum atomic E-state index is -1.35. The van der Waals surface area contributed by atoms with Crippen molar-refractivity contribution in [3.8, 4) is 0 Å². The molecule has 0 bridgehead atoms. The van der Waals surface area contributed by atoms with Crippen molar-refractivity contribution >= 4 is 17.6 Å². The average Bonchev–Trinajstić information content (AvgIpc) is 2.17. The molecule has 1 aromatic carbocycles. The van der Waals surface area contributed by atoms with E-state index in [1.165, 1.54) is 6.07 Å². The molecule has 1 amide bonds. The molecule has 0 aliphatic heterocycles. The zero-order valence-corrected chi connectivity index (χ0v) is 8.37. The highest BCUT2D eigenvalue weighted by molar-refractivity contribution is 5.92. The maximum Gasteiger partial charge on any atom is 0.338 e. The number of halogens is 1. The molecule has 0 radical (unpaired) electrons. The van der Waals surface area contributed by atoms with Gasteiger partial charge in [0, 0.05) is 18.7 Å². The van der Waals surface area contributed by atoms with Crippen molar-refractivity contribution in [3.05, 3.63) is 29.6 Å². The number of hydrogen-bond acceptors (Lipinski definition) is 3. The zero-order valence-electron chi connectivity index (χ0n) is 8.37. The van der Waals surface area contributed by atoms with Crippen LogP contribution in [-0.4, -0.2) is 23.5 Å². The third-order valence-electron chi connectivity index (χ3n) is 1.85. The van der Waals surface area contributed by atoms with Crippen LogP contribution in [0.15, 0.2) is 18.2 Å². The van der Waals surface area contributed by atoms with Gasteiger partial charge in [-0.2, -0.15) is 0 Å². The van der Waals surface area contributed by atoms with Crippen LogP contribution >= 0.6 is 0 Å². The smallest absolute Gasteiger partial charge is 0.338 e. The lowest BCUT2D eigenvalue weighted by molar-refractivity contribution is -0.116. The monoisotopic (exact) mass is 226 g/mol. The van der Waals surface area contributed by atoms with Crippen LogP contribution in [-0.2, 0) is 4.79 Å². The Balaban J connectivity index is 2.81. The van der Waals surface area contributed by atoms with Gasteiger partial charge >= 0.3 is 5.97 Å². The Labute approximate surface area is 91.1 Å². The van der Waals surface area contributed by atoms with E-state index in [0.29, 0.717) is 0 Å². The zero-order chi connectivity index (χ0) is 12.1. The second-order valence-corrected chi connectivity index (χ2v) is 3.09. The summed E-state index contributed by atoms with van der Waals surface area (Å²) in [5.41, 5.74) is 4.94. The number of nitrogens with two attached hydrogens (primary N) is 1. The lowest BCUT2D eigenvalue weighted by Crippen LogP contribution is -2.16. The molecule has 0 aliphatic rings. The van der Waals surface area contributed by atoms with Crippen molar-refractivity contribution in [2.75, 3.05) is 11.9 Å². The Bertz CT molecular complexity index is 421. The average molecular weight is 226 g/mol. The van der Waals surface area contributed by atoms with Crippen molar-refractivity contribution in [3.63, 3.8) is 0 Å². The molecular formula is C10H11FN2O3. The van der Waals surface area contributed by atoms with E-state index in [1.54, 1.807) is 0 Å². The van der Waals surface area contributed by atoms with Crippen LogP contribution in [0.5, 0.6) is 0 Å². The number of nitrogens with one attached hydrogen (secondary N) is 1. The van der Waals surface area contributed by atoms with Gasteiger partial charge in [-0.05, 0) is 18.2 Å².